The summed E-state index contributed by atoms with van der Waals surface area (Å²) in [5.41, 5.74) is 5.08. The quantitative estimate of drug-likeness (QED) is 0.835. The van der Waals surface area contributed by atoms with Gasteiger partial charge in [0.15, 0.2) is 0 Å². The van der Waals surface area contributed by atoms with Crippen molar-refractivity contribution in [2.45, 2.75) is 26.8 Å². The van der Waals surface area contributed by atoms with E-state index in [-0.39, 0.29) is 11.9 Å². The van der Waals surface area contributed by atoms with Crippen LogP contribution in [-0.4, -0.2) is 7.05 Å². The first kappa shape index (κ1) is 15.0. The summed E-state index contributed by atoms with van der Waals surface area (Å²) >= 11 is 6.15. The SMILES string of the molecule is CNC(C)c1ccc(F)cc1-c1cc(C)c(Cl)cc1C. The molecule has 1 atom stereocenters. The van der Waals surface area contributed by atoms with E-state index in [0.717, 1.165) is 32.8 Å². The second kappa shape index (κ2) is 5.94. The van der Waals surface area contributed by atoms with Gasteiger partial charge >= 0.3 is 0 Å². The molecule has 2 aromatic rings. The fraction of sp³-hybridized carbons (Fsp3) is 0.294. The Morgan fingerprint density at radius 3 is 2.40 bits per heavy atom. The van der Waals surface area contributed by atoms with Crippen LogP contribution >= 0.6 is 11.6 Å². The average Bonchev–Trinajstić information content (AvgIpc) is 2.42. The van der Waals surface area contributed by atoms with Gasteiger partial charge < -0.3 is 5.32 Å². The molecule has 0 saturated carbocycles. The lowest BCUT2D eigenvalue weighted by Crippen LogP contribution is -2.13. The van der Waals surface area contributed by atoms with E-state index in [1.165, 1.54) is 6.07 Å². The molecule has 0 radical (unpaired) electrons. The highest BCUT2D eigenvalue weighted by Gasteiger charge is 2.14. The maximum Gasteiger partial charge on any atom is 0.123 e. The minimum atomic E-state index is -0.223. The minimum absolute atomic E-state index is 0.154. The van der Waals surface area contributed by atoms with Crippen molar-refractivity contribution in [3.8, 4) is 11.1 Å². The van der Waals surface area contributed by atoms with Crippen molar-refractivity contribution in [2.24, 2.45) is 0 Å². The molecule has 3 heteroatoms. The first-order valence-corrected chi connectivity index (χ1v) is 7.05. The molecule has 106 valence electrons. The Morgan fingerprint density at radius 1 is 1.05 bits per heavy atom. The van der Waals surface area contributed by atoms with Gasteiger partial charge in [-0.05, 0) is 79.9 Å². The largest absolute Gasteiger partial charge is 0.313 e. The van der Waals surface area contributed by atoms with Gasteiger partial charge in [0.2, 0.25) is 0 Å². The number of rotatable bonds is 3. The molecule has 0 heterocycles. The van der Waals surface area contributed by atoms with E-state index in [9.17, 15) is 4.39 Å². The summed E-state index contributed by atoms with van der Waals surface area (Å²) in [6, 6.07) is 9.06. The summed E-state index contributed by atoms with van der Waals surface area (Å²) in [7, 11) is 1.90. The number of nitrogens with one attached hydrogen (secondary N) is 1. The Labute approximate surface area is 124 Å². The summed E-state index contributed by atoms with van der Waals surface area (Å²) in [4.78, 5) is 0. The molecule has 0 aliphatic rings. The second-order valence-corrected chi connectivity index (χ2v) is 5.57. The zero-order valence-corrected chi connectivity index (χ0v) is 13.0. The third kappa shape index (κ3) is 2.87. The van der Waals surface area contributed by atoms with Crippen LogP contribution in [0.2, 0.25) is 5.02 Å². The van der Waals surface area contributed by atoms with Crippen LogP contribution in [0.15, 0.2) is 30.3 Å². The molecule has 0 aromatic heterocycles. The number of hydrogen-bond donors (Lipinski definition) is 1. The Kier molecular flexibility index (Phi) is 4.46. The van der Waals surface area contributed by atoms with Crippen molar-refractivity contribution in [1.29, 1.82) is 0 Å². The maximum atomic E-state index is 13.7. The number of benzene rings is 2. The van der Waals surface area contributed by atoms with Crippen molar-refractivity contribution in [1.82, 2.24) is 5.32 Å². The lowest BCUT2D eigenvalue weighted by atomic mass is 9.91. The number of hydrogen-bond acceptors (Lipinski definition) is 1. The molecular formula is C17H19ClFN. The second-order valence-electron chi connectivity index (χ2n) is 5.16. The summed E-state index contributed by atoms with van der Waals surface area (Å²) in [5.74, 6) is -0.223. The van der Waals surface area contributed by atoms with Crippen molar-refractivity contribution in [2.75, 3.05) is 7.05 Å². The van der Waals surface area contributed by atoms with Crippen LogP contribution in [0.25, 0.3) is 11.1 Å². The predicted octanol–water partition coefficient (Wildman–Crippen LogP) is 5.04. The Hall–Kier alpha value is -1.38. The monoisotopic (exact) mass is 291 g/mol. The molecule has 20 heavy (non-hydrogen) atoms. The molecule has 1 N–H and O–H groups in total. The molecule has 1 nitrogen and oxygen atoms in total. The Bertz CT molecular complexity index is 637. The van der Waals surface area contributed by atoms with Gasteiger partial charge in [-0.1, -0.05) is 17.7 Å². The molecule has 0 bridgehead atoms. The molecule has 0 fully saturated rings. The van der Waals surface area contributed by atoms with E-state index >= 15 is 0 Å². The molecule has 0 aliphatic carbocycles. The third-order valence-corrected chi connectivity index (χ3v) is 4.12. The third-order valence-electron chi connectivity index (χ3n) is 3.71. The van der Waals surface area contributed by atoms with Crippen LogP contribution in [0.1, 0.15) is 29.7 Å². The molecular weight excluding hydrogens is 273 g/mol. The van der Waals surface area contributed by atoms with Gasteiger partial charge in [-0.2, -0.15) is 0 Å². The summed E-state index contributed by atoms with van der Waals surface area (Å²) < 4.78 is 13.7. The van der Waals surface area contributed by atoms with E-state index in [1.54, 1.807) is 6.07 Å². The molecule has 0 saturated heterocycles. The van der Waals surface area contributed by atoms with Crippen LogP contribution in [0.4, 0.5) is 4.39 Å². The Morgan fingerprint density at radius 2 is 1.75 bits per heavy atom. The fourth-order valence-corrected chi connectivity index (χ4v) is 2.58. The highest BCUT2D eigenvalue weighted by atomic mass is 35.5. The molecule has 0 aliphatic heterocycles. The molecule has 0 spiro atoms. The van der Waals surface area contributed by atoms with Crippen molar-refractivity contribution in [3.05, 3.63) is 57.9 Å². The lowest BCUT2D eigenvalue weighted by Gasteiger charge is -2.18. The zero-order chi connectivity index (χ0) is 14.9. The zero-order valence-electron chi connectivity index (χ0n) is 12.2. The Balaban J connectivity index is 2.68. The summed E-state index contributed by atoms with van der Waals surface area (Å²) in [6.45, 7) is 6.03. The maximum absolute atomic E-state index is 13.7. The first-order chi connectivity index (χ1) is 9.43. The highest BCUT2D eigenvalue weighted by Crippen LogP contribution is 2.34. The number of halogens is 2. The van der Waals surface area contributed by atoms with E-state index in [1.807, 2.05) is 39.1 Å². The van der Waals surface area contributed by atoms with Gasteiger partial charge in [-0.25, -0.2) is 4.39 Å². The summed E-state index contributed by atoms with van der Waals surface area (Å²) in [5, 5.41) is 3.95. The van der Waals surface area contributed by atoms with Gasteiger partial charge in [-0.3, -0.25) is 0 Å². The normalized spacial score (nSPS) is 12.5. The van der Waals surface area contributed by atoms with Crippen LogP contribution in [0.3, 0.4) is 0 Å². The van der Waals surface area contributed by atoms with Gasteiger partial charge in [0.05, 0.1) is 0 Å². The molecule has 1 unspecified atom stereocenters. The van der Waals surface area contributed by atoms with E-state index in [4.69, 9.17) is 11.6 Å². The topological polar surface area (TPSA) is 12.0 Å². The van der Waals surface area contributed by atoms with Gasteiger partial charge in [0.1, 0.15) is 5.82 Å². The highest BCUT2D eigenvalue weighted by molar-refractivity contribution is 6.31. The van der Waals surface area contributed by atoms with Gasteiger partial charge in [0, 0.05) is 11.1 Å². The van der Waals surface area contributed by atoms with Crippen LogP contribution in [0, 0.1) is 19.7 Å². The predicted molar refractivity (Wildman–Crippen MR) is 83.8 cm³/mol. The lowest BCUT2D eigenvalue weighted by molar-refractivity contribution is 0.620. The van der Waals surface area contributed by atoms with E-state index in [2.05, 4.69) is 12.2 Å². The standard InChI is InChI=1S/C17H19ClFN/c1-10-8-17(18)11(2)7-15(10)16-9-13(19)5-6-14(16)12(3)20-4/h5-9,12,20H,1-4H3. The van der Waals surface area contributed by atoms with Crippen molar-refractivity contribution >= 4 is 11.6 Å². The fourth-order valence-electron chi connectivity index (χ4n) is 2.37. The van der Waals surface area contributed by atoms with E-state index in [0.29, 0.717) is 0 Å². The molecule has 2 rings (SSSR count). The van der Waals surface area contributed by atoms with Gasteiger partial charge in [-0.15, -0.1) is 0 Å². The first-order valence-electron chi connectivity index (χ1n) is 6.68. The average molecular weight is 292 g/mol. The minimum Gasteiger partial charge on any atom is -0.313 e. The van der Waals surface area contributed by atoms with Crippen molar-refractivity contribution in [3.63, 3.8) is 0 Å². The van der Waals surface area contributed by atoms with Crippen LogP contribution in [0.5, 0.6) is 0 Å². The smallest absolute Gasteiger partial charge is 0.123 e. The van der Waals surface area contributed by atoms with Gasteiger partial charge in [0.25, 0.3) is 0 Å². The number of aryl methyl sites for hydroxylation is 2. The van der Waals surface area contributed by atoms with Crippen LogP contribution < -0.4 is 5.32 Å². The molecule has 0 amide bonds. The van der Waals surface area contributed by atoms with Crippen LogP contribution in [-0.2, 0) is 0 Å². The van der Waals surface area contributed by atoms with E-state index < -0.39 is 0 Å². The summed E-state index contributed by atoms with van der Waals surface area (Å²) in [6.07, 6.45) is 0. The van der Waals surface area contributed by atoms with Crippen molar-refractivity contribution < 1.29 is 4.39 Å². The molecule has 2 aromatic carbocycles.